The van der Waals surface area contributed by atoms with Crippen LogP contribution >= 0.6 is 0 Å². The topological polar surface area (TPSA) is 66.6 Å². The van der Waals surface area contributed by atoms with Crippen molar-refractivity contribution in [1.29, 1.82) is 0 Å². The summed E-state index contributed by atoms with van der Waals surface area (Å²) in [5, 5.41) is 10.2. The molecule has 0 radical (unpaired) electrons. The maximum atomic E-state index is 12.3. The van der Waals surface area contributed by atoms with Crippen LogP contribution in [0.1, 0.15) is 44.9 Å². The minimum atomic E-state index is -0.636. The number of carbonyl (C=O) groups excluding carboxylic acids is 1. The number of likely N-dealkylation sites (tertiary alicyclic amines) is 1. The highest BCUT2D eigenvalue weighted by molar-refractivity contribution is 5.87. The molecule has 2 saturated carbocycles. The highest BCUT2D eigenvalue weighted by atomic mass is 16.3. The van der Waals surface area contributed by atoms with Crippen molar-refractivity contribution in [2.24, 2.45) is 11.7 Å². The average molecular weight is 238 g/mol. The molecule has 1 aliphatic heterocycles. The molecule has 0 aromatic carbocycles. The van der Waals surface area contributed by atoms with Crippen molar-refractivity contribution in [2.45, 2.75) is 56.1 Å². The van der Waals surface area contributed by atoms with Gasteiger partial charge in [-0.25, -0.2) is 0 Å². The van der Waals surface area contributed by atoms with Gasteiger partial charge in [-0.3, -0.25) is 4.79 Å². The van der Waals surface area contributed by atoms with Gasteiger partial charge in [0.25, 0.3) is 0 Å². The van der Waals surface area contributed by atoms with Crippen LogP contribution in [0.3, 0.4) is 0 Å². The van der Waals surface area contributed by atoms with Gasteiger partial charge in [-0.2, -0.15) is 0 Å². The van der Waals surface area contributed by atoms with Gasteiger partial charge >= 0.3 is 0 Å². The zero-order valence-electron chi connectivity index (χ0n) is 10.3. The lowest BCUT2D eigenvalue weighted by molar-refractivity contribution is -0.165. The van der Waals surface area contributed by atoms with E-state index in [-0.39, 0.29) is 5.91 Å². The van der Waals surface area contributed by atoms with E-state index in [1.54, 1.807) is 4.90 Å². The molecule has 3 N–H and O–H groups in total. The molecule has 0 unspecified atom stereocenters. The summed E-state index contributed by atoms with van der Waals surface area (Å²) >= 11 is 0. The number of nitrogens with two attached hydrogens (primary N) is 1. The zero-order chi connectivity index (χ0) is 12.1. The van der Waals surface area contributed by atoms with Gasteiger partial charge in [0.05, 0.1) is 18.6 Å². The zero-order valence-corrected chi connectivity index (χ0v) is 10.3. The number of carbonyl (C=O) groups is 1. The van der Waals surface area contributed by atoms with Crippen LogP contribution in [-0.4, -0.2) is 40.1 Å². The Balaban J connectivity index is 1.60. The number of β-amino-alcohol motifs (C(OH)–C–C–N with tert-alkyl or cyclic N) is 1. The van der Waals surface area contributed by atoms with Crippen molar-refractivity contribution in [1.82, 2.24) is 4.90 Å². The van der Waals surface area contributed by atoms with Crippen LogP contribution < -0.4 is 5.73 Å². The highest BCUT2D eigenvalue weighted by Gasteiger charge is 2.55. The lowest BCUT2D eigenvalue weighted by atomic mass is 9.79. The van der Waals surface area contributed by atoms with Crippen molar-refractivity contribution in [3.05, 3.63) is 0 Å². The van der Waals surface area contributed by atoms with Crippen molar-refractivity contribution in [2.75, 3.05) is 13.1 Å². The third-order valence-corrected chi connectivity index (χ3v) is 4.73. The second kappa shape index (κ2) is 3.69. The third-order valence-electron chi connectivity index (χ3n) is 4.73. The fourth-order valence-electron chi connectivity index (χ4n) is 3.35. The molecule has 0 aromatic heterocycles. The van der Waals surface area contributed by atoms with Crippen LogP contribution in [0.2, 0.25) is 0 Å². The van der Waals surface area contributed by atoms with Crippen molar-refractivity contribution >= 4 is 5.91 Å². The summed E-state index contributed by atoms with van der Waals surface area (Å²) < 4.78 is 0. The van der Waals surface area contributed by atoms with E-state index in [0.29, 0.717) is 19.0 Å². The van der Waals surface area contributed by atoms with Crippen molar-refractivity contribution < 1.29 is 9.90 Å². The fourth-order valence-corrected chi connectivity index (χ4v) is 3.35. The molecule has 1 amide bonds. The van der Waals surface area contributed by atoms with Gasteiger partial charge in [0.15, 0.2) is 0 Å². The molecule has 1 heterocycles. The number of aliphatic hydroxyl groups is 1. The van der Waals surface area contributed by atoms with Crippen LogP contribution in [0.5, 0.6) is 0 Å². The maximum Gasteiger partial charge on any atom is 0.242 e. The van der Waals surface area contributed by atoms with E-state index in [4.69, 9.17) is 5.73 Å². The summed E-state index contributed by atoms with van der Waals surface area (Å²) in [5.41, 5.74) is 5.00. The van der Waals surface area contributed by atoms with Gasteiger partial charge in [0.2, 0.25) is 5.91 Å². The summed E-state index contributed by atoms with van der Waals surface area (Å²) in [6, 6.07) is 0. The second-order valence-corrected chi connectivity index (χ2v) is 6.26. The summed E-state index contributed by atoms with van der Waals surface area (Å²) in [4.78, 5) is 14.1. The van der Waals surface area contributed by atoms with Gasteiger partial charge in [-0.1, -0.05) is 19.3 Å². The van der Waals surface area contributed by atoms with E-state index in [9.17, 15) is 9.90 Å². The Morgan fingerprint density at radius 3 is 2.29 bits per heavy atom. The fraction of sp³-hybridized carbons (Fsp3) is 0.923. The van der Waals surface area contributed by atoms with Crippen molar-refractivity contribution in [3.8, 4) is 0 Å². The summed E-state index contributed by atoms with van der Waals surface area (Å²) in [7, 11) is 0. The van der Waals surface area contributed by atoms with E-state index >= 15 is 0 Å². The molecular weight excluding hydrogens is 216 g/mol. The van der Waals surface area contributed by atoms with E-state index in [2.05, 4.69) is 0 Å². The molecule has 3 rings (SSSR count). The predicted molar refractivity (Wildman–Crippen MR) is 64.3 cm³/mol. The van der Waals surface area contributed by atoms with Gasteiger partial charge in [0, 0.05) is 0 Å². The molecule has 4 heteroatoms. The Morgan fingerprint density at radius 1 is 1.18 bits per heavy atom. The second-order valence-electron chi connectivity index (χ2n) is 6.26. The molecule has 0 aromatic rings. The van der Waals surface area contributed by atoms with Crippen LogP contribution in [-0.2, 0) is 4.79 Å². The van der Waals surface area contributed by atoms with E-state index in [1.165, 1.54) is 6.42 Å². The van der Waals surface area contributed by atoms with Crippen molar-refractivity contribution in [3.63, 3.8) is 0 Å². The smallest absolute Gasteiger partial charge is 0.242 e. The number of nitrogens with zero attached hydrogens (tertiary/aromatic N) is 1. The monoisotopic (exact) mass is 238 g/mol. The maximum absolute atomic E-state index is 12.3. The molecule has 17 heavy (non-hydrogen) atoms. The molecule has 3 fully saturated rings. The average Bonchev–Trinajstić information content (AvgIpc) is 3.09. The molecule has 4 nitrogen and oxygen atoms in total. The molecule has 0 atom stereocenters. The molecule has 3 aliphatic rings. The van der Waals surface area contributed by atoms with E-state index in [0.717, 1.165) is 38.5 Å². The number of hydrogen-bond acceptors (Lipinski definition) is 3. The number of amides is 1. The molecular formula is C13H22N2O2. The quantitative estimate of drug-likeness (QED) is 0.741. The molecule has 1 saturated heterocycles. The van der Waals surface area contributed by atoms with Crippen LogP contribution in [0.4, 0.5) is 0 Å². The summed E-state index contributed by atoms with van der Waals surface area (Å²) in [6.45, 7) is 1.02. The molecule has 0 bridgehead atoms. The van der Waals surface area contributed by atoms with Gasteiger partial charge < -0.3 is 15.7 Å². The van der Waals surface area contributed by atoms with Gasteiger partial charge in [-0.05, 0) is 31.6 Å². The Labute approximate surface area is 102 Å². The Kier molecular flexibility index (Phi) is 2.49. The first-order valence-electron chi connectivity index (χ1n) is 6.84. The minimum Gasteiger partial charge on any atom is -0.386 e. The first-order chi connectivity index (χ1) is 8.04. The molecule has 0 spiro atoms. The largest absolute Gasteiger partial charge is 0.386 e. The first-order valence-corrected chi connectivity index (χ1v) is 6.84. The van der Waals surface area contributed by atoms with Crippen LogP contribution in [0, 0.1) is 5.92 Å². The molecule has 96 valence electrons. The normalized spacial score (nSPS) is 30.8. The Bertz CT molecular complexity index is 326. The summed E-state index contributed by atoms with van der Waals surface area (Å²) in [5.74, 6) is 0.508. The van der Waals surface area contributed by atoms with Crippen LogP contribution in [0.15, 0.2) is 0 Å². The van der Waals surface area contributed by atoms with E-state index in [1.807, 2.05) is 0 Å². The summed E-state index contributed by atoms with van der Waals surface area (Å²) in [6.07, 6.45) is 7.16. The van der Waals surface area contributed by atoms with Gasteiger partial charge in [0.1, 0.15) is 5.60 Å². The number of rotatable bonds is 2. The first kappa shape index (κ1) is 11.5. The van der Waals surface area contributed by atoms with Crippen LogP contribution in [0.25, 0.3) is 0 Å². The Hall–Kier alpha value is -0.610. The lowest BCUT2D eigenvalue weighted by Crippen LogP contribution is -2.70. The number of hydrogen-bond donors (Lipinski definition) is 2. The Morgan fingerprint density at radius 2 is 1.76 bits per heavy atom. The van der Waals surface area contributed by atoms with E-state index < -0.39 is 11.1 Å². The SMILES string of the molecule is NC1(C(=O)N2CC(O)(C3CC3)C2)CCCCC1. The highest BCUT2D eigenvalue weighted by Crippen LogP contribution is 2.45. The van der Waals surface area contributed by atoms with Gasteiger partial charge in [-0.15, -0.1) is 0 Å². The third kappa shape index (κ3) is 1.87. The molecule has 2 aliphatic carbocycles. The lowest BCUT2D eigenvalue weighted by Gasteiger charge is -2.50. The predicted octanol–water partition coefficient (Wildman–Crippen LogP) is 0.631. The minimum absolute atomic E-state index is 0.0718. The standard InChI is InChI=1S/C13H22N2O2/c14-12(6-2-1-3-7-12)11(16)15-8-13(17,9-15)10-4-5-10/h10,17H,1-9,14H2.